The van der Waals surface area contributed by atoms with Crippen molar-refractivity contribution in [2.24, 2.45) is 39.4 Å². The SMILES string of the molecule is C/C(=C\C(=O)C[C@@H](C)[C@]1(C)CC=C2C3=CC[C@H]4C(C)(C)[C@H](O)CC[C@]4(C)[C@@H]3CC[C@]21C)C(=O)O. The third-order valence-electron chi connectivity index (χ3n) is 11.4. The summed E-state index contributed by atoms with van der Waals surface area (Å²) in [4.78, 5) is 23.8. The van der Waals surface area contributed by atoms with Gasteiger partial charge in [0.2, 0.25) is 0 Å². The number of hydrogen-bond acceptors (Lipinski definition) is 3. The van der Waals surface area contributed by atoms with Crippen LogP contribution < -0.4 is 0 Å². The van der Waals surface area contributed by atoms with Crippen molar-refractivity contribution >= 4 is 11.8 Å². The molecule has 0 bridgehead atoms. The molecule has 7 atom stereocenters. The zero-order valence-electron chi connectivity index (χ0n) is 22.2. The van der Waals surface area contributed by atoms with Gasteiger partial charge in [-0.2, -0.15) is 0 Å². The maximum Gasteiger partial charge on any atom is 0.331 e. The summed E-state index contributed by atoms with van der Waals surface area (Å²) in [5.74, 6) is 0.0737. The average molecular weight is 469 g/mol. The van der Waals surface area contributed by atoms with Gasteiger partial charge in [0.15, 0.2) is 5.78 Å². The quantitative estimate of drug-likeness (QED) is 0.452. The molecule has 4 rings (SSSR count). The lowest BCUT2D eigenvalue weighted by atomic mass is 9.43. The fourth-order valence-corrected chi connectivity index (χ4v) is 8.59. The normalized spacial score (nSPS) is 42.0. The van der Waals surface area contributed by atoms with Crippen LogP contribution in [-0.4, -0.2) is 28.1 Å². The molecule has 2 N–H and O–H groups in total. The van der Waals surface area contributed by atoms with Gasteiger partial charge >= 0.3 is 5.97 Å². The van der Waals surface area contributed by atoms with Crippen LogP contribution in [0.4, 0.5) is 0 Å². The van der Waals surface area contributed by atoms with Crippen LogP contribution in [0.3, 0.4) is 0 Å². The Bertz CT molecular complexity index is 984. The standard InChI is InChI=1S/C30H44O4/c1-18(26(33)34)16-20(31)17-19(2)29(6)14-11-23-21-8-9-24-27(3,4)25(32)12-13-28(24,5)22(21)10-15-30(23,29)7/h8,11,16,19,22,24-25,32H,9-10,12-15,17H2,1-7H3,(H,33,34)/b18-16+/t19-,22-,24+,25-,28-,29+,30-/m1/s1. The Morgan fingerprint density at radius 3 is 2.44 bits per heavy atom. The molecule has 0 amide bonds. The van der Waals surface area contributed by atoms with Gasteiger partial charge in [-0.05, 0) is 102 Å². The van der Waals surface area contributed by atoms with Crippen molar-refractivity contribution in [1.82, 2.24) is 0 Å². The van der Waals surface area contributed by atoms with Crippen molar-refractivity contribution < 1.29 is 19.8 Å². The lowest BCUT2D eigenvalue weighted by Crippen LogP contribution is -2.56. The van der Waals surface area contributed by atoms with E-state index < -0.39 is 5.97 Å². The van der Waals surface area contributed by atoms with Crippen LogP contribution in [0.5, 0.6) is 0 Å². The average Bonchev–Trinajstić information content (AvgIpc) is 3.03. The van der Waals surface area contributed by atoms with Gasteiger partial charge in [-0.15, -0.1) is 0 Å². The van der Waals surface area contributed by atoms with E-state index in [9.17, 15) is 14.7 Å². The van der Waals surface area contributed by atoms with E-state index in [0.717, 1.165) is 38.5 Å². The van der Waals surface area contributed by atoms with Gasteiger partial charge in [0.1, 0.15) is 0 Å². The predicted molar refractivity (Wildman–Crippen MR) is 135 cm³/mol. The highest BCUT2D eigenvalue weighted by molar-refractivity contribution is 5.98. The summed E-state index contributed by atoms with van der Waals surface area (Å²) in [5, 5.41) is 19.9. The van der Waals surface area contributed by atoms with Crippen molar-refractivity contribution in [3.05, 3.63) is 34.9 Å². The van der Waals surface area contributed by atoms with E-state index in [1.165, 1.54) is 18.6 Å². The maximum absolute atomic E-state index is 12.7. The number of allylic oxidation sites excluding steroid dienone is 5. The molecule has 0 aliphatic heterocycles. The monoisotopic (exact) mass is 468 g/mol. The van der Waals surface area contributed by atoms with Crippen molar-refractivity contribution in [3.8, 4) is 0 Å². The van der Waals surface area contributed by atoms with Gasteiger partial charge in [-0.25, -0.2) is 4.79 Å². The van der Waals surface area contributed by atoms with Gasteiger partial charge in [-0.3, -0.25) is 4.79 Å². The first-order chi connectivity index (χ1) is 15.7. The molecule has 4 aliphatic carbocycles. The van der Waals surface area contributed by atoms with Crippen LogP contribution in [-0.2, 0) is 9.59 Å². The lowest BCUT2D eigenvalue weighted by Gasteiger charge is -2.62. The smallest absolute Gasteiger partial charge is 0.331 e. The first-order valence-corrected chi connectivity index (χ1v) is 13.2. The molecule has 0 spiro atoms. The molecule has 0 aromatic carbocycles. The van der Waals surface area contributed by atoms with Gasteiger partial charge in [0.25, 0.3) is 0 Å². The summed E-state index contributed by atoms with van der Waals surface area (Å²) < 4.78 is 0. The topological polar surface area (TPSA) is 74.6 Å². The zero-order chi connectivity index (χ0) is 25.3. The number of carboxylic acid groups (broad SMARTS) is 1. The van der Waals surface area contributed by atoms with Gasteiger partial charge < -0.3 is 10.2 Å². The highest BCUT2D eigenvalue weighted by atomic mass is 16.4. The molecule has 2 saturated carbocycles. The lowest BCUT2D eigenvalue weighted by molar-refractivity contribution is -0.133. The number of aliphatic hydroxyl groups excluding tert-OH is 1. The highest BCUT2D eigenvalue weighted by Crippen LogP contribution is 2.70. The number of aliphatic carboxylic acids is 1. The third-order valence-corrected chi connectivity index (χ3v) is 11.4. The molecule has 4 heteroatoms. The van der Waals surface area contributed by atoms with Gasteiger partial charge in [-0.1, -0.05) is 53.7 Å². The Morgan fingerprint density at radius 1 is 1.12 bits per heavy atom. The Kier molecular flexibility index (Phi) is 6.12. The highest BCUT2D eigenvalue weighted by Gasteiger charge is 2.61. The summed E-state index contributed by atoms with van der Waals surface area (Å²) in [7, 11) is 0. The Labute approximate surface area is 205 Å². The molecule has 0 aromatic rings. The van der Waals surface area contributed by atoms with Crippen LogP contribution in [0.15, 0.2) is 34.9 Å². The van der Waals surface area contributed by atoms with E-state index in [0.29, 0.717) is 18.3 Å². The molecule has 0 radical (unpaired) electrons. The number of fused-ring (bicyclic) bond motifs is 5. The van der Waals surface area contributed by atoms with E-state index >= 15 is 0 Å². The van der Waals surface area contributed by atoms with Crippen LogP contribution in [0, 0.1) is 39.4 Å². The summed E-state index contributed by atoms with van der Waals surface area (Å²) >= 11 is 0. The Hall–Kier alpha value is -1.68. The minimum absolute atomic E-state index is 0.0213. The molecular weight excluding hydrogens is 424 g/mol. The predicted octanol–water partition coefficient (Wildman–Crippen LogP) is 6.50. The second kappa shape index (κ2) is 8.18. The fraction of sp³-hybridized carbons (Fsp3) is 0.733. The molecule has 34 heavy (non-hydrogen) atoms. The van der Waals surface area contributed by atoms with E-state index in [-0.39, 0.29) is 45.0 Å². The number of aliphatic hydroxyl groups is 1. The summed E-state index contributed by atoms with van der Waals surface area (Å²) in [6.07, 6.45) is 12.7. The van der Waals surface area contributed by atoms with Crippen molar-refractivity contribution in [2.45, 2.75) is 99.5 Å². The van der Waals surface area contributed by atoms with E-state index in [1.54, 1.807) is 5.57 Å². The summed E-state index contributed by atoms with van der Waals surface area (Å²) in [6.45, 7) is 15.4. The molecule has 0 unspecified atom stereocenters. The molecule has 4 aliphatic rings. The molecule has 188 valence electrons. The van der Waals surface area contributed by atoms with Crippen LogP contribution in [0.25, 0.3) is 0 Å². The van der Waals surface area contributed by atoms with Gasteiger partial charge in [0.05, 0.1) is 6.10 Å². The largest absolute Gasteiger partial charge is 0.478 e. The van der Waals surface area contributed by atoms with Crippen molar-refractivity contribution in [2.75, 3.05) is 0 Å². The number of carbonyl (C=O) groups is 2. The molecule has 4 nitrogen and oxygen atoms in total. The Balaban J connectivity index is 1.61. The minimum atomic E-state index is -1.03. The minimum Gasteiger partial charge on any atom is -0.478 e. The fourth-order valence-electron chi connectivity index (χ4n) is 8.59. The van der Waals surface area contributed by atoms with Crippen molar-refractivity contribution in [3.63, 3.8) is 0 Å². The number of hydrogen-bond donors (Lipinski definition) is 2. The third kappa shape index (κ3) is 3.50. The van der Waals surface area contributed by atoms with E-state index in [1.807, 2.05) is 0 Å². The van der Waals surface area contributed by atoms with Crippen LogP contribution >= 0.6 is 0 Å². The van der Waals surface area contributed by atoms with Gasteiger partial charge in [0, 0.05) is 12.0 Å². The molecule has 0 saturated heterocycles. The molecule has 2 fully saturated rings. The number of carboxylic acids is 1. The number of rotatable bonds is 5. The van der Waals surface area contributed by atoms with Crippen molar-refractivity contribution in [1.29, 1.82) is 0 Å². The molecule has 0 heterocycles. The first kappa shape index (κ1) is 25.4. The summed E-state index contributed by atoms with van der Waals surface area (Å²) in [6, 6.07) is 0. The number of carbonyl (C=O) groups excluding carboxylic acids is 1. The summed E-state index contributed by atoms with van der Waals surface area (Å²) in [5.41, 5.74) is 3.30. The Morgan fingerprint density at radius 2 is 1.79 bits per heavy atom. The zero-order valence-corrected chi connectivity index (χ0v) is 22.2. The maximum atomic E-state index is 12.7. The first-order valence-electron chi connectivity index (χ1n) is 13.2. The van der Waals surface area contributed by atoms with E-state index in [2.05, 4.69) is 53.7 Å². The molecular formula is C30H44O4. The second-order valence-corrected chi connectivity index (χ2v) is 13.2. The number of ketones is 1. The molecule has 0 aromatic heterocycles. The second-order valence-electron chi connectivity index (χ2n) is 13.2. The van der Waals surface area contributed by atoms with Crippen LogP contribution in [0.1, 0.15) is 93.4 Å². The van der Waals surface area contributed by atoms with Crippen LogP contribution in [0.2, 0.25) is 0 Å². The van der Waals surface area contributed by atoms with E-state index in [4.69, 9.17) is 5.11 Å².